The number of hydrogen-bond donors (Lipinski definition) is 2. The number of para-hydroxylation sites is 1. The van der Waals surface area contributed by atoms with E-state index in [4.69, 9.17) is 9.47 Å². The van der Waals surface area contributed by atoms with Crippen LogP contribution in [0.25, 0.3) is 16.5 Å². The summed E-state index contributed by atoms with van der Waals surface area (Å²) >= 11 is 0. The summed E-state index contributed by atoms with van der Waals surface area (Å²) in [6.45, 7) is 11.1. The van der Waals surface area contributed by atoms with Crippen molar-refractivity contribution in [2.45, 2.75) is 39.2 Å². The predicted molar refractivity (Wildman–Crippen MR) is 151 cm³/mol. The third-order valence-electron chi connectivity index (χ3n) is 8.03. The molecule has 2 aliphatic heterocycles. The number of ether oxygens (including phenoxy) is 2. The van der Waals surface area contributed by atoms with Crippen LogP contribution in [0.1, 0.15) is 49.3 Å². The van der Waals surface area contributed by atoms with Gasteiger partial charge in [-0.25, -0.2) is 9.18 Å². The molecule has 1 atom stereocenters. The Labute approximate surface area is 237 Å². The normalized spacial score (nSPS) is 19.1. The van der Waals surface area contributed by atoms with Crippen molar-refractivity contribution in [3.05, 3.63) is 71.1 Å². The van der Waals surface area contributed by atoms with Gasteiger partial charge in [0.25, 0.3) is 5.91 Å². The molecule has 3 aromatic rings. The van der Waals surface area contributed by atoms with Crippen molar-refractivity contribution in [1.29, 1.82) is 0 Å². The highest BCUT2D eigenvalue weighted by atomic mass is 19.2. The maximum atomic E-state index is 14.8. The van der Waals surface area contributed by atoms with E-state index in [0.29, 0.717) is 25.5 Å². The maximum Gasteiger partial charge on any atom is 0.339 e. The van der Waals surface area contributed by atoms with Gasteiger partial charge in [-0.1, -0.05) is 45.9 Å². The second-order valence-corrected chi connectivity index (χ2v) is 11.5. The number of benzene rings is 2. The van der Waals surface area contributed by atoms with E-state index in [9.17, 15) is 23.5 Å². The standard InChI is InChI=1S/C31H35F2N3O5/c1-18(2)28-31(3,4)25-20-7-5-6-8-23(20)34-27(25)21(30(38)39)17-36(28)29(37)19-15-22(32)26(33)24(16-19)41-14-11-35-9-12-40-13-10-35/h5-8,15-18,28,34H,9-14H2,1-4H3,(H,38,39). The number of H-pyrrole nitrogens is 1. The van der Waals surface area contributed by atoms with Gasteiger partial charge < -0.3 is 24.5 Å². The first kappa shape index (κ1) is 28.8. The molecule has 3 heterocycles. The quantitative estimate of drug-likeness (QED) is 0.416. The molecule has 41 heavy (non-hydrogen) atoms. The Hall–Kier alpha value is -3.76. The van der Waals surface area contributed by atoms with Crippen LogP contribution >= 0.6 is 0 Å². The second-order valence-electron chi connectivity index (χ2n) is 11.5. The second kappa shape index (κ2) is 11.3. The van der Waals surface area contributed by atoms with Crippen molar-refractivity contribution < 1.29 is 33.0 Å². The van der Waals surface area contributed by atoms with Crippen molar-refractivity contribution in [3.8, 4) is 5.75 Å². The number of rotatable bonds is 7. The lowest BCUT2D eigenvalue weighted by Crippen LogP contribution is -2.50. The van der Waals surface area contributed by atoms with E-state index in [1.807, 2.05) is 52.0 Å². The number of fused-ring (bicyclic) bond motifs is 3. The Morgan fingerprint density at radius 1 is 1.17 bits per heavy atom. The van der Waals surface area contributed by atoms with Crippen molar-refractivity contribution in [2.24, 2.45) is 5.92 Å². The summed E-state index contributed by atoms with van der Waals surface area (Å²) < 4.78 is 40.5. The van der Waals surface area contributed by atoms with Crippen LogP contribution in [0.15, 0.2) is 42.6 Å². The van der Waals surface area contributed by atoms with E-state index < -0.39 is 35.0 Å². The number of halogens is 2. The van der Waals surface area contributed by atoms with Gasteiger partial charge in [0.15, 0.2) is 11.6 Å². The van der Waals surface area contributed by atoms with Gasteiger partial charge >= 0.3 is 5.97 Å². The first-order valence-corrected chi connectivity index (χ1v) is 13.8. The van der Waals surface area contributed by atoms with E-state index in [-0.39, 0.29) is 29.4 Å². The van der Waals surface area contributed by atoms with Gasteiger partial charge in [-0.05, 0) is 29.7 Å². The van der Waals surface area contributed by atoms with E-state index in [1.165, 1.54) is 17.2 Å². The molecule has 0 saturated carbocycles. The first-order valence-electron chi connectivity index (χ1n) is 13.8. The van der Waals surface area contributed by atoms with Gasteiger partial charge in [-0.15, -0.1) is 0 Å². The highest BCUT2D eigenvalue weighted by molar-refractivity contribution is 6.17. The Balaban J connectivity index is 1.55. The van der Waals surface area contributed by atoms with Crippen LogP contribution in [0.3, 0.4) is 0 Å². The Morgan fingerprint density at radius 3 is 2.56 bits per heavy atom. The van der Waals surface area contributed by atoms with E-state index in [2.05, 4.69) is 9.88 Å². The fraction of sp³-hybridized carbons (Fsp3) is 0.419. The average molecular weight is 568 g/mol. The van der Waals surface area contributed by atoms with Crippen molar-refractivity contribution in [2.75, 3.05) is 39.5 Å². The van der Waals surface area contributed by atoms with Gasteiger partial charge in [0.05, 0.1) is 24.5 Å². The zero-order valence-electron chi connectivity index (χ0n) is 23.7. The van der Waals surface area contributed by atoms with Crippen LogP contribution in [0.5, 0.6) is 5.75 Å². The molecular formula is C31H35F2N3O5. The highest BCUT2D eigenvalue weighted by Crippen LogP contribution is 2.45. The van der Waals surface area contributed by atoms with Crippen molar-refractivity contribution >= 4 is 28.4 Å². The minimum absolute atomic E-state index is 0.0923. The molecule has 0 aliphatic carbocycles. The molecule has 10 heteroatoms. The number of nitrogens with zero attached hydrogens (tertiary/aromatic N) is 2. The summed E-state index contributed by atoms with van der Waals surface area (Å²) in [7, 11) is 0. The smallest absolute Gasteiger partial charge is 0.339 e. The zero-order valence-corrected chi connectivity index (χ0v) is 23.7. The topological polar surface area (TPSA) is 95.1 Å². The summed E-state index contributed by atoms with van der Waals surface area (Å²) in [5.41, 5.74) is 1.03. The number of morpholine rings is 1. The van der Waals surface area contributed by atoms with E-state index in [1.54, 1.807) is 0 Å². The van der Waals surface area contributed by atoms with Crippen LogP contribution in [0.4, 0.5) is 8.78 Å². The van der Waals surface area contributed by atoms with Crippen LogP contribution in [0, 0.1) is 17.6 Å². The van der Waals surface area contributed by atoms with Crippen LogP contribution in [-0.2, 0) is 14.9 Å². The predicted octanol–water partition coefficient (Wildman–Crippen LogP) is 5.04. The Kier molecular flexibility index (Phi) is 7.89. The molecule has 0 bridgehead atoms. The van der Waals surface area contributed by atoms with Crippen molar-refractivity contribution in [3.63, 3.8) is 0 Å². The molecule has 0 spiro atoms. The molecule has 218 valence electrons. The summed E-state index contributed by atoms with van der Waals surface area (Å²) in [6.07, 6.45) is 1.32. The van der Waals surface area contributed by atoms with Gasteiger partial charge in [0.2, 0.25) is 5.82 Å². The van der Waals surface area contributed by atoms with E-state index >= 15 is 0 Å². The monoisotopic (exact) mass is 567 g/mol. The third-order valence-corrected chi connectivity index (χ3v) is 8.03. The molecule has 1 fully saturated rings. The van der Waals surface area contributed by atoms with Gasteiger partial charge in [0.1, 0.15) is 6.61 Å². The lowest BCUT2D eigenvalue weighted by molar-refractivity contribution is -0.130. The number of aromatic nitrogens is 1. The maximum absolute atomic E-state index is 14.8. The number of carbonyl (C=O) groups is 2. The molecule has 0 radical (unpaired) electrons. The van der Waals surface area contributed by atoms with Gasteiger partial charge in [-0.3, -0.25) is 9.69 Å². The lowest BCUT2D eigenvalue weighted by atomic mass is 9.71. The average Bonchev–Trinajstić information content (AvgIpc) is 3.28. The molecule has 2 aromatic carbocycles. The molecule has 1 unspecified atom stereocenters. The highest BCUT2D eigenvalue weighted by Gasteiger charge is 2.46. The van der Waals surface area contributed by atoms with Crippen LogP contribution in [-0.4, -0.2) is 77.3 Å². The van der Waals surface area contributed by atoms with Crippen molar-refractivity contribution in [1.82, 2.24) is 14.8 Å². The SMILES string of the molecule is CC(C)C1N(C(=O)c2cc(F)c(F)c(OCCN3CCOCC3)c2)C=C(C(=O)O)c2[nH]c3ccccc3c2C1(C)C. The molecule has 5 rings (SSSR count). The Bertz CT molecular complexity index is 1510. The summed E-state index contributed by atoms with van der Waals surface area (Å²) in [4.78, 5) is 33.4. The summed E-state index contributed by atoms with van der Waals surface area (Å²) in [5.74, 6) is -4.76. The number of aliphatic carboxylic acids is 1. The van der Waals surface area contributed by atoms with Gasteiger partial charge in [-0.2, -0.15) is 4.39 Å². The number of carboxylic acids is 1. The van der Waals surface area contributed by atoms with Crippen LogP contribution < -0.4 is 4.74 Å². The number of carbonyl (C=O) groups excluding carboxylic acids is 1. The minimum Gasteiger partial charge on any atom is -0.489 e. The molecule has 8 nitrogen and oxygen atoms in total. The number of aromatic amines is 1. The van der Waals surface area contributed by atoms with E-state index in [0.717, 1.165) is 35.6 Å². The largest absolute Gasteiger partial charge is 0.489 e. The molecule has 1 saturated heterocycles. The summed E-state index contributed by atoms with van der Waals surface area (Å²) in [5, 5.41) is 11.1. The third kappa shape index (κ3) is 5.34. The molecular weight excluding hydrogens is 532 g/mol. The fourth-order valence-corrected chi connectivity index (χ4v) is 6.35. The van der Waals surface area contributed by atoms with Gasteiger partial charge in [0, 0.05) is 53.8 Å². The number of carboxylic acid groups (broad SMARTS) is 1. The number of hydrogen-bond acceptors (Lipinski definition) is 5. The zero-order chi connectivity index (χ0) is 29.5. The minimum atomic E-state index is -1.22. The first-order chi connectivity index (χ1) is 19.5. The molecule has 2 N–H and O–H groups in total. The lowest BCUT2D eigenvalue weighted by Gasteiger charge is -2.42. The number of amides is 1. The summed E-state index contributed by atoms with van der Waals surface area (Å²) in [6, 6.07) is 9.07. The molecule has 1 amide bonds. The molecule has 2 aliphatic rings. The Morgan fingerprint density at radius 2 is 1.88 bits per heavy atom. The number of nitrogens with one attached hydrogen (secondary N) is 1. The fourth-order valence-electron chi connectivity index (χ4n) is 6.35. The molecule has 1 aromatic heterocycles. The van der Waals surface area contributed by atoms with Crippen LogP contribution in [0.2, 0.25) is 0 Å².